The standard InChI is InChI=1S/C17H51O13Si11/c1-18-31-21-41(22-32-19-2,23-33-20-3)30-40(16,17)29-39(14,15)28-38(12,13)27-37(10,11)26-36(8,9)25-35(6,7)24-34(4)5/h1-17H3. The van der Waals surface area contributed by atoms with Gasteiger partial charge in [-0.15, -0.1) is 0 Å². The third kappa shape index (κ3) is 19.9. The SMILES string of the molecule is CO[Si]O[Si](O[Si]OC)(O[Si]OC)O[Si](C)(C)O[Si](C)(C)O[Si](C)(C)O[Si](C)(C)O[Si](C)(C)O[Si](C)(C)O[Si](C)C. The highest BCUT2D eigenvalue weighted by molar-refractivity contribution is 6.91. The predicted octanol–water partition coefficient (Wildman–Crippen LogP) is 3.59. The Labute approximate surface area is 265 Å². The average molecular weight is 773 g/mol. The molecule has 0 heterocycles. The zero-order valence-corrected chi connectivity index (χ0v) is 38.8. The molecule has 13 nitrogen and oxygen atoms in total. The lowest BCUT2D eigenvalue weighted by Gasteiger charge is -2.43. The van der Waals surface area contributed by atoms with E-state index in [1.54, 1.807) is 0 Å². The molecule has 0 aliphatic carbocycles. The smallest absolute Gasteiger partial charge is 0.437 e. The third-order valence-corrected chi connectivity index (χ3v) is 34.8. The molecule has 0 atom stereocenters. The molecule has 0 rings (SSSR count). The van der Waals surface area contributed by atoms with Crippen LogP contribution in [0.3, 0.4) is 0 Å². The highest BCUT2D eigenvalue weighted by atomic mass is 28.5. The minimum Gasteiger partial charge on any atom is -0.437 e. The molecule has 0 N–H and O–H groups in total. The molecule has 0 fully saturated rings. The molecule has 0 aliphatic heterocycles. The summed E-state index contributed by atoms with van der Waals surface area (Å²) in [7, 11) is -17.2. The van der Waals surface area contributed by atoms with E-state index in [0.717, 1.165) is 0 Å². The van der Waals surface area contributed by atoms with Gasteiger partial charge in [0.1, 0.15) is 0 Å². The minimum absolute atomic E-state index is 0.365. The normalized spacial score (nSPS) is 14.8. The molecule has 0 amide bonds. The lowest BCUT2D eigenvalue weighted by atomic mass is 11.8. The van der Waals surface area contributed by atoms with Crippen molar-refractivity contribution in [3.8, 4) is 0 Å². The van der Waals surface area contributed by atoms with Crippen molar-refractivity contribution >= 4 is 99.5 Å². The first-order valence-electron chi connectivity index (χ1n) is 12.9. The lowest BCUT2D eigenvalue weighted by Crippen LogP contribution is -2.63. The van der Waals surface area contributed by atoms with Crippen LogP contribution in [0.1, 0.15) is 0 Å². The highest BCUT2D eigenvalue weighted by Gasteiger charge is 2.54. The van der Waals surface area contributed by atoms with E-state index >= 15 is 0 Å². The fourth-order valence-corrected chi connectivity index (χ4v) is 43.0. The summed E-state index contributed by atoms with van der Waals surface area (Å²) < 4.78 is 78.4. The first kappa shape index (κ1) is 42.9. The second-order valence-electron chi connectivity index (χ2n) is 11.7. The van der Waals surface area contributed by atoms with E-state index in [2.05, 4.69) is 26.2 Å². The van der Waals surface area contributed by atoms with Crippen molar-refractivity contribution in [2.75, 3.05) is 21.3 Å². The second-order valence-corrected chi connectivity index (χ2v) is 41.2. The van der Waals surface area contributed by atoms with Crippen LogP contribution in [-0.4, -0.2) is 121 Å². The van der Waals surface area contributed by atoms with Crippen molar-refractivity contribution in [1.29, 1.82) is 0 Å². The largest absolute Gasteiger partial charge is 0.643 e. The van der Waals surface area contributed by atoms with Gasteiger partial charge in [0.2, 0.25) is 0 Å². The van der Waals surface area contributed by atoms with Crippen LogP contribution in [0.25, 0.3) is 0 Å². The van der Waals surface area contributed by atoms with Crippen molar-refractivity contribution in [3.63, 3.8) is 0 Å². The fourth-order valence-electron chi connectivity index (χ4n) is 4.28. The summed E-state index contributed by atoms with van der Waals surface area (Å²) in [4.78, 5) is 0. The summed E-state index contributed by atoms with van der Waals surface area (Å²) in [5, 5.41) is 0. The van der Waals surface area contributed by atoms with Gasteiger partial charge in [-0.25, -0.2) is 0 Å². The van der Waals surface area contributed by atoms with E-state index < -0.39 is 69.5 Å². The molecule has 0 bridgehead atoms. The summed E-state index contributed by atoms with van der Waals surface area (Å²) in [5.41, 5.74) is 0. The summed E-state index contributed by atoms with van der Waals surface area (Å²) >= 11 is 0. The van der Waals surface area contributed by atoms with Crippen LogP contribution in [-0.2, 0) is 54.4 Å². The molecule has 0 aromatic rings. The molecule has 0 aromatic carbocycles. The van der Waals surface area contributed by atoms with Gasteiger partial charge in [-0.05, 0) is 91.7 Å². The molecule has 241 valence electrons. The van der Waals surface area contributed by atoms with Crippen molar-refractivity contribution in [2.24, 2.45) is 0 Å². The topological polar surface area (TPSA) is 120 Å². The van der Waals surface area contributed by atoms with Crippen molar-refractivity contribution in [3.05, 3.63) is 0 Å². The second kappa shape index (κ2) is 17.7. The monoisotopic (exact) mass is 771 g/mol. The molecule has 24 heteroatoms. The van der Waals surface area contributed by atoms with Gasteiger partial charge in [-0.1, -0.05) is 0 Å². The van der Waals surface area contributed by atoms with Gasteiger partial charge in [0.05, 0.1) is 0 Å². The quantitative estimate of drug-likeness (QED) is 0.141. The molecular formula is C17H51O13Si11. The first-order chi connectivity index (χ1) is 18.3. The maximum Gasteiger partial charge on any atom is 0.643 e. The van der Waals surface area contributed by atoms with E-state index in [-0.39, 0.29) is 30.0 Å². The minimum atomic E-state index is -3.73. The Morgan fingerprint density at radius 1 is 0.390 bits per heavy atom. The molecular weight excluding hydrogens is 721 g/mol. The van der Waals surface area contributed by atoms with Crippen LogP contribution in [0.15, 0.2) is 0 Å². The molecule has 0 saturated carbocycles. The number of rotatable bonds is 23. The van der Waals surface area contributed by atoms with Gasteiger partial charge < -0.3 is 54.4 Å². The first-order valence-corrected chi connectivity index (χ1v) is 36.3. The molecule has 0 spiro atoms. The van der Waals surface area contributed by atoms with Crippen LogP contribution in [0.4, 0.5) is 0 Å². The van der Waals surface area contributed by atoms with E-state index in [4.69, 9.17) is 54.4 Å². The summed E-state index contributed by atoms with van der Waals surface area (Å²) in [6.45, 7) is 28.2. The fraction of sp³-hybridized carbons (Fsp3) is 1.00. The molecule has 0 saturated heterocycles. The molecule has 0 aliphatic rings. The molecule has 0 unspecified atom stereocenters. The summed E-state index contributed by atoms with van der Waals surface area (Å²) in [5.74, 6) is 0. The van der Waals surface area contributed by atoms with Crippen molar-refractivity contribution in [1.82, 2.24) is 0 Å². The van der Waals surface area contributed by atoms with Crippen LogP contribution in [0, 0.1) is 0 Å². The lowest BCUT2D eigenvalue weighted by molar-refractivity contribution is 0.116. The van der Waals surface area contributed by atoms with Gasteiger partial charge in [0.15, 0.2) is 9.04 Å². The van der Waals surface area contributed by atoms with Crippen LogP contribution in [0.5, 0.6) is 0 Å². The maximum absolute atomic E-state index is 6.65. The van der Waals surface area contributed by atoms with Gasteiger partial charge in [0, 0.05) is 21.3 Å². The van der Waals surface area contributed by atoms with Crippen LogP contribution < -0.4 is 0 Å². The van der Waals surface area contributed by atoms with E-state index in [1.807, 2.05) is 65.5 Å². The van der Waals surface area contributed by atoms with Crippen molar-refractivity contribution < 1.29 is 54.4 Å². The van der Waals surface area contributed by atoms with Gasteiger partial charge in [-0.2, -0.15) is 0 Å². The third-order valence-electron chi connectivity index (χ3n) is 4.03. The Hall–Kier alpha value is 1.87. The molecule has 41 heavy (non-hydrogen) atoms. The van der Waals surface area contributed by atoms with Crippen molar-refractivity contribution in [2.45, 2.75) is 91.7 Å². The maximum atomic E-state index is 6.65. The number of hydrogen-bond acceptors (Lipinski definition) is 13. The zero-order valence-electron chi connectivity index (χ0n) is 27.8. The Bertz CT molecular complexity index is 738. The van der Waals surface area contributed by atoms with E-state index in [0.29, 0.717) is 0 Å². The Balaban J connectivity index is 5.61. The predicted molar refractivity (Wildman–Crippen MR) is 177 cm³/mol. The Morgan fingerprint density at radius 2 is 0.634 bits per heavy atom. The summed E-state index contributed by atoms with van der Waals surface area (Å²) in [6.07, 6.45) is 0. The number of hydrogen-bond donors (Lipinski definition) is 0. The van der Waals surface area contributed by atoms with Crippen LogP contribution >= 0.6 is 0 Å². The Morgan fingerprint density at radius 3 is 0.878 bits per heavy atom. The van der Waals surface area contributed by atoms with Crippen LogP contribution in [0.2, 0.25) is 91.7 Å². The molecule has 7 radical (unpaired) electrons. The van der Waals surface area contributed by atoms with E-state index in [1.165, 1.54) is 21.3 Å². The Kier molecular flexibility index (Phi) is 18.5. The highest BCUT2D eigenvalue weighted by Crippen LogP contribution is 2.29. The molecule has 0 aromatic heterocycles. The summed E-state index contributed by atoms with van der Waals surface area (Å²) in [6, 6.07) is 0. The average Bonchev–Trinajstić information content (AvgIpc) is 2.68. The zero-order chi connectivity index (χ0) is 32.4. The van der Waals surface area contributed by atoms with E-state index in [9.17, 15) is 0 Å². The van der Waals surface area contributed by atoms with Gasteiger partial charge in [-0.3, -0.25) is 0 Å². The van der Waals surface area contributed by atoms with Gasteiger partial charge >= 0.3 is 90.4 Å². The van der Waals surface area contributed by atoms with Gasteiger partial charge in [0.25, 0.3) is 0 Å².